The van der Waals surface area contributed by atoms with E-state index in [9.17, 15) is 22.8 Å². The van der Waals surface area contributed by atoms with Crippen LogP contribution in [0, 0.1) is 5.92 Å². The number of nitrogens with one attached hydrogen (secondary N) is 1. The molecule has 33 heavy (non-hydrogen) atoms. The summed E-state index contributed by atoms with van der Waals surface area (Å²) in [4.78, 5) is 28.0. The summed E-state index contributed by atoms with van der Waals surface area (Å²) in [6, 6.07) is 11.3. The Bertz CT molecular complexity index is 954. The number of carbonyl (C=O) groups excluding carboxylic acids is 2. The first kappa shape index (κ1) is 23.0. The van der Waals surface area contributed by atoms with Gasteiger partial charge in [-0.25, -0.2) is 0 Å². The van der Waals surface area contributed by atoms with Gasteiger partial charge in [0, 0.05) is 44.5 Å². The van der Waals surface area contributed by atoms with Crippen LogP contribution >= 0.6 is 0 Å². The van der Waals surface area contributed by atoms with E-state index in [4.69, 9.17) is 0 Å². The van der Waals surface area contributed by atoms with E-state index in [2.05, 4.69) is 15.5 Å². The maximum atomic E-state index is 12.5. The van der Waals surface area contributed by atoms with E-state index in [1.807, 2.05) is 41.3 Å². The normalized spacial score (nSPS) is 17.5. The first-order valence-corrected chi connectivity index (χ1v) is 11.1. The van der Waals surface area contributed by atoms with Crippen LogP contribution in [-0.4, -0.2) is 59.3 Å². The van der Waals surface area contributed by atoms with Crippen LogP contribution in [0.25, 0.3) is 0 Å². The second kappa shape index (κ2) is 9.76. The van der Waals surface area contributed by atoms with Gasteiger partial charge < -0.3 is 15.1 Å². The zero-order valence-corrected chi connectivity index (χ0v) is 18.1. The molecule has 2 amide bonds. The molecule has 2 aliphatic heterocycles. The van der Waals surface area contributed by atoms with E-state index in [-0.39, 0.29) is 17.7 Å². The van der Waals surface area contributed by atoms with Crippen molar-refractivity contribution < 1.29 is 22.8 Å². The lowest BCUT2D eigenvalue weighted by molar-refractivity contribution is -0.149. The van der Waals surface area contributed by atoms with Gasteiger partial charge in [-0.05, 0) is 48.6 Å². The number of hydrogen-bond acceptors (Lipinski definition) is 5. The van der Waals surface area contributed by atoms with Crippen molar-refractivity contribution in [3.05, 3.63) is 48.2 Å². The Hall–Kier alpha value is -3.17. The number of anilines is 2. The third kappa shape index (κ3) is 6.00. The Morgan fingerprint density at radius 3 is 2.36 bits per heavy atom. The van der Waals surface area contributed by atoms with E-state index < -0.39 is 24.9 Å². The van der Waals surface area contributed by atoms with E-state index >= 15 is 0 Å². The SMILES string of the molecule is O=C(Nc1ccc(C2CCN(C(=O)CCC(F)(F)F)CC2)cc1)C1CN(c2cccnn2)C1. The van der Waals surface area contributed by atoms with Crippen LogP contribution in [0.15, 0.2) is 42.6 Å². The summed E-state index contributed by atoms with van der Waals surface area (Å²) in [5.74, 6) is 0.435. The number of nitrogens with zero attached hydrogens (tertiary/aromatic N) is 4. The number of hydrogen-bond donors (Lipinski definition) is 1. The monoisotopic (exact) mass is 461 g/mol. The number of alkyl halides is 3. The van der Waals surface area contributed by atoms with Crippen LogP contribution in [-0.2, 0) is 9.59 Å². The van der Waals surface area contributed by atoms with Crippen molar-refractivity contribution >= 4 is 23.3 Å². The Morgan fingerprint density at radius 1 is 1.06 bits per heavy atom. The number of halogens is 3. The summed E-state index contributed by atoms with van der Waals surface area (Å²) in [6.07, 6.45) is -2.83. The second-order valence-electron chi connectivity index (χ2n) is 8.57. The lowest BCUT2D eigenvalue weighted by Gasteiger charge is -2.38. The molecular formula is C23H26F3N5O2. The molecule has 2 fully saturated rings. The molecule has 2 aliphatic rings. The molecule has 2 saturated heterocycles. The zero-order valence-electron chi connectivity index (χ0n) is 18.1. The fourth-order valence-electron chi connectivity index (χ4n) is 4.25. The van der Waals surface area contributed by atoms with Crippen LogP contribution in [0.5, 0.6) is 0 Å². The number of amides is 2. The molecule has 0 bridgehead atoms. The van der Waals surface area contributed by atoms with E-state index in [1.165, 1.54) is 4.90 Å². The van der Waals surface area contributed by atoms with Gasteiger partial charge in [0.15, 0.2) is 5.82 Å². The predicted molar refractivity (Wildman–Crippen MR) is 117 cm³/mol. The Balaban J connectivity index is 1.21. The predicted octanol–water partition coefficient (Wildman–Crippen LogP) is 3.60. The molecule has 10 heteroatoms. The number of piperidine rings is 1. The van der Waals surface area contributed by atoms with Gasteiger partial charge in [-0.3, -0.25) is 9.59 Å². The minimum Gasteiger partial charge on any atom is -0.353 e. The summed E-state index contributed by atoms with van der Waals surface area (Å²) >= 11 is 0. The molecule has 0 radical (unpaired) electrons. The standard InChI is InChI=1S/C23H26F3N5O2/c24-23(25,26)10-7-21(32)30-12-8-17(9-13-30)16-3-5-19(6-4-16)28-22(33)18-14-31(15-18)20-2-1-11-27-29-20/h1-6,11,17-18H,7-10,12-15H2,(H,28,33). The van der Waals surface area contributed by atoms with Crippen LogP contribution in [0.2, 0.25) is 0 Å². The number of aromatic nitrogens is 2. The minimum atomic E-state index is -4.31. The lowest BCUT2D eigenvalue weighted by atomic mass is 9.89. The average molecular weight is 461 g/mol. The number of likely N-dealkylation sites (tertiary alicyclic amines) is 1. The van der Waals surface area contributed by atoms with Crippen molar-refractivity contribution in [1.82, 2.24) is 15.1 Å². The Labute approximate surface area is 190 Å². The van der Waals surface area contributed by atoms with Crippen molar-refractivity contribution in [3.63, 3.8) is 0 Å². The molecule has 3 heterocycles. The van der Waals surface area contributed by atoms with Gasteiger partial charge in [0.05, 0.1) is 12.3 Å². The highest BCUT2D eigenvalue weighted by molar-refractivity contribution is 5.94. The summed E-state index contributed by atoms with van der Waals surface area (Å²) in [6.45, 7) is 2.12. The fourth-order valence-corrected chi connectivity index (χ4v) is 4.25. The van der Waals surface area contributed by atoms with E-state index in [0.29, 0.717) is 39.0 Å². The van der Waals surface area contributed by atoms with Crippen LogP contribution in [0.4, 0.5) is 24.7 Å². The molecule has 7 nitrogen and oxygen atoms in total. The van der Waals surface area contributed by atoms with Crippen LogP contribution < -0.4 is 10.2 Å². The number of carbonyl (C=O) groups is 2. The molecule has 0 atom stereocenters. The van der Waals surface area contributed by atoms with E-state index in [1.54, 1.807) is 6.20 Å². The summed E-state index contributed by atoms with van der Waals surface area (Å²) in [5, 5.41) is 10.8. The van der Waals surface area contributed by atoms with Crippen LogP contribution in [0.1, 0.15) is 37.2 Å². The quantitative estimate of drug-likeness (QED) is 0.711. The van der Waals surface area contributed by atoms with Crippen molar-refractivity contribution in [2.45, 2.75) is 37.8 Å². The molecule has 0 aliphatic carbocycles. The van der Waals surface area contributed by atoms with Gasteiger partial charge in [-0.15, -0.1) is 5.10 Å². The number of benzene rings is 1. The highest BCUT2D eigenvalue weighted by Crippen LogP contribution is 2.30. The molecule has 0 spiro atoms. The molecule has 2 aromatic rings. The maximum Gasteiger partial charge on any atom is 0.389 e. The Kier molecular flexibility index (Phi) is 6.80. The highest BCUT2D eigenvalue weighted by atomic mass is 19.4. The van der Waals surface area contributed by atoms with Gasteiger partial charge in [-0.2, -0.15) is 18.3 Å². The summed E-state index contributed by atoms with van der Waals surface area (Å²) in [5.41, 5.74) is 1.83. The fraction of sp³-hybridized carbons (Fsp3) is 0.478. The van der Waals surface area contributed by atoms with Gasteiger partial charge in [-0.1, -0.05) is 12.1 Å². The van der Waals surface area contributed by atoms with Gasteiger partial charge in [0.2, 0.25) is 11.8 Å². The van der Waals surface area contributed by atoms with Crippen molar-refractivity contribution in [1.29, 1.82) is 0 Å². The largest absolute Gasteiger partial charge is 0.389 e. The van der Waals surface area contributed by atoms with E-state index in [0.717, 1.165) is 17.1 Å². The number of rotatable bonds is 6. The van der Waals surface area contributed by atoms with Crippen LogP contribution in [0.3, 0.4) is 0 Å². The minimum absolute atomic E-state index is 0.0337. The lowest BCUT2D eigenvalue weighted by Crippen LogP contribution is -2.52. The average Bonchev–Trinajstić information content (AvgIpc) is 2.77. The van der Waals surface area contributed by atoms with Crippen molar-refractivity contribution in [2.75, 3.05) is 36.4 Å². The first-order valence-electron chi connectivity index (χ1n) is 11.1. The third-order valence-corrected chi connectivity index (χ3v) is 6.25. The molecule has 0 unspecified atom stereocenters. The maximum absolute atomic E-state index is 12.5. The highest BCUT2D eigenvalue weighted by Gasteiger charge is 2.34. The van der Waals surface area contributed by atoms with Gasteiger partial charge >= 0.3 is 6.18 Å². The molecule has 1 aromatic carbocycles. The first-order chi connectivity index (χ1) is 15.8. The van der Waals surface area contributed by atoms with Gasteiger partial charge in [0.1, 0.15) is 0 Å². The molecule has 1 aromatic heterocycles. The Morgan fingerprint density at radius 2 is 1.76 bits per heavy atom. The zero-order chi connectivity index (χ0) is 23.4. The molecule has 0 saturated carbocycles. The summed E-state index contributed by atoms with van der Waals surface area (Å²) < 4.78 is 37.0. The second-order valence-corrected chi connectivity index (χ2v) is 8.57. The van der Waals surface area contributed by atoms with Gasteiger partial charge in [0.25, 0.3) is 0 Å². The van der Waals surface area contributed by atoms with Crippen molar-refractivity contribution in [2.24, 2.45) is 5.92 Å². The third-order valence-electron chi connectivity index (χ3n) is 6.25. The summed E-state index contributed by atoms with van der Waals surface area (Å²) in [7, 11) is 0. The molecule has 176 valence electrons. The topological polar surface area (TPSA) is 78.4 Å². The van der Waals surface area contributed by atoms with Crippen molar-refractivity contribution in [3.8, 4) is 0 Å². The molecular weight excluding hydrogens is 435 g/mol. The molecule has 1 N–H and O–H groups in total. The molecule has 4 rings (SSSR count). The smallest absolute Gasteiger partial charge is 0.353 e.